The van der Waals surface area contributed by atoms with Crippen LogP contribution in [0.15, 0.2) is 78.6 Å². The zero-order valence-electron chi connectivity index (χ0n) is 18.3. The molecule has 1 amide bonds. The van der Waals surface area contributed by atoms with Crippen LogP contribution in [0.3, 0.4) is 0 Å². The SMILES string of the molecule is CCCOC(=O)c1ccc(N2C(=O)C(=O)/C(=C(/O)c3ccc(F)cc3)C2c2cccnc2)cc1. The maximum absolute atomic E-state index is 13.4. The molecule has 1 aliphatic rings. The first-order valence-corrected chi connectivity index (χ1v) is 10.7. The molecule has 7 nitrogen and oxygen atoms in total. The number of pyridine rings is 1. The van der Waals surface area contributed by atoms with E-state index in [2.05, 4.69) is 4.98 Å². The van der Waals surface area contributed by atoms with E-state index < -0.39 is 35.3 Å². The third-order valence-electron chi connectivity index (χ3n) is 5.38. The van der Waals surface area contributed by atoms with E-state index >= 15 is 0 Å². The number of aromatic nitrogens is 1. The summed E-state index contributed by atoms with van der Waals surface area (Å²) in [6.45, 7) is 2.18. The number of esters is 1. The Balaban J connectivity index is 1.80. The monoisotopic (exact) mass is 460 g/mol. The second kappa shape index (κ2) is 9.66. The molecule has 1 atom stereocenters. The van der Waals surface area contributed by atoms with Gasteiger partial charge in [-0.1, -0.05) is 13.0 Å². The number of benzene rings is 2. The summed E-state index contributed by atoms with van der Waals surface area (Å²) in [5.74, 6) is -3.15. The Morgan fingerprint density at radius 1 is 1.06 bits per heavy atom. The molecule has 2 aromatic carbocycles. The number of amides is 1. The van der Waals surface area contributed by atoms with Gasteiger partial charge in [0.2, 0.25) is 0 Å². The molecule has 3 aromatic rings. The molecule has 1 aliphatic heterocycles. The molecule has 4 rings (SSSR count). The van der Waals surface area contributed by atoms with Gasteiger partial charge in [0.05, 0.1) is 23.8 Å². The van der Waals surface area contributed by atoms with E-state index in [9.17, 15) is 23.9 Å². The van der Waals surface area contributed by atoms with E-state index in [1.165, 1.54) is 47.5 Å². The van der Waals surface area contributed by atoms with E-state index in [-0.39, 0.29) is 11.1 Å². The Kier molecular flexibility index (Phi) is 6.49. The van der Waals surface area contributed by atoms with Crippen LogP contribution < -0.4 is 4.90 Å². The summed E-state index contributed by atoms with van der Waals surface area (Å²) < 4.78 is 18.5. The molecule has 8 heteroatoms. The molecular weight excluding hydrogens is 439 g/mol. The highest BCUT2D eigenvalue weighted by atomic mass is 19.1. The van der Waals surface area contributed by atoms with Crippen LogP contribution in [-0.4, -0.2) is 34.4 Å². The number of nitrogens with zero attached hydrogens (tertiary/aromatic N) is 2. The van der Waals surface area contributed by atoms with Gasteiger partial charge >= 0.3 is 5.97 Å². The lowest BCUT2D eigenvalue weighted by Gasteiger charge is -2.25. The van der Waals surface area contributed by atoms with Crippen molar-refractivity contribution in [1.82, 2.24) is 4.98 Å². The predicted octanol–water partition coefficient (Wildman–Crippen LogP) is 4.41. The molecule has 0 radical (unpaired) electrons. The maximum Gasteiger partial charge on any atom is 0.338 e. The summed E-state index contributed by atoms with van der Waals surface area (Å²) in [5, 5.41) is 11.0. The van der Waals surface area contributed by atoms with Crippen molar-refractivity contribution in [2.24, 2.45) is 0 Å². The number of halogens is 1. The number of carbonyl (C=O) groups excluding carboxylic acids is 3. The average Bonchev–Trinajstić information content (AvgIpc) is 3.13. The first kappa shape index (κ1) is 22.8. The summed E-state index contributed by atoms with van der Waals surface area (Å²) in [5.41, 5.74) is 1.20. The van der Waals surface area contributed by atoms with E-state index in [0.717, 1.165) is 12.1 Å². The van der Waals surface area contributed by atoms with Crippen molar-refractivity contribution in [3.63, 3.8) is 0 Å². The third-order valence-corrected chi connectivity index (χ3v) is 5.38. The van der Waals surface area contributed by atoms with Crippen LogP contribution in [0.25, 0.3) is 5.76 Å². The van der Waals surface area contributed by atoms with E-state index in [1.807, 2.05) is 6.92 Å². The standard InChI is InChI=1S/C26H21FN2O5/c1-2-14-34-26(33)17-7-11-20(12-8-17)29-22(18-4-3-13-28-15-18)21(24(31)25(29)32)23(30)16-5-9-19(27)10-6-16/h3-13,15,22,30H,2,14H2,1H3/b23-21+. The number of hydrogen-bond acceptors (Lipinski definition) is 6. The normalized spacial score (nSPS) is 17.1. The third kappa shape index (κ3) is 4.30. The van der Waals surface area contributed by atoms with Crippen LogP contribution in [0.4, 0.5) is 10.1 Å². The van der Waals surface area contributed by atoms with Gasteiger partial charge in [-0.25, -0.2) is 9.18 Å². The highest BCUT2D eigenvalue weighted by Gasteiger charge is 2.47. The van der Waals surface area contributed by atoms with Gasteiger partial charge in [-0.2, -0.15) is 0 Å². The molecule has 0 bridgehead atoms. The Morgan fingerprint density at radius 2 is 1.74 bits per heavy atom. The average molecular weight is 460 g/mol. The number of aliphatic hydroxyl groups is 1. The zero-order valence-corrected chi connectivity index (χ0v) is 18.3. The topological polar surface area (TPSA) is 96.8 Å². The molecule has 34 heavy (non-hydrogen) atoms. The van der Waals surface area contributed by atoms with Gasteiger partial charge in [-0.15, -0.1) is 0 Å². The molecule has 1 unspecified atom stereocenters. The number of aliphatic hydroxyl groups excluding tert-OH is 1. The largest absolute Gasteiger partial charge is 0.507 e. The smallest absolute Gasteiger partial charge is 0.338 e. The summed E-state index contributed by atoms with van der Waals surface area (Å²) in [6.07, 6.45) is 3.73. The fourth-order valence-electron chi connectivity index (χ4n) is 3.75. The van der Waals surface area contributed by atoms with Gasteiger partial charge in [0, 0.05) is 23.6 Å². The van der Waals surface area contributed by atoms with Gasteiger partial charge in [0.15, 0.2) is 0 Å². The first-order valence-electron chi connectivity index (χ1n) is 10.7. The Morgan fingerprint density at radius 3 is 2.35 bits per heavy atom. The van der Waals surface area contributed by atoms with Crippen LogP contribution in [0.2, 0.25) is 0 Å². The number of ether oxygens (including phenoxy) is 1. The molecule has 2 heterocycles. The fourth-order valence-corrected chi connectivity index (χ4v) is 3.75. The fraction of sp³-hybridized carbons (Fsp3) is 0.154. The second-order valence-electron chi connectivity index (χ2n) is 7.65. The maximum atomic E-state index is 13.4. The number of Topliss-reactive ketones (excluding diaryl/α,β-unsaturated/α-hetero) is 1. The molecule has 1 N–H and O–H groups in total. The highest BCUT2D eigenvalue weighted by molar-refractivity contribution is 6.51. The van der Waals surface area contributed by atoms with E-state index in [1.54, 1.807) is 18.3 Å². The summed E-state index contributed by atoms with van der Waals surface area (Å²) in [4.78, 5) is 43.6. The van der Waals surface area contributed by atoms with Crippen molar-refractivity contribution < 1.29 is 28.6 Å². The van der Waals surface area contributed by atoms with Crippen LogP contribution in [0, 0.1) is 5.82 Å². The van der Waals surface area contributed by atoms with Gasteiger partial charge in [-0.05, 0) is 66.6 Å². The number of anilines is 1. The molecule has 0 saturated carbocycles. The minimum atomic E-state index is -0.975. The van der Waals surface area contributed by atoms with Crippen molar-refractivity contribution in [2.75, 3.05) is 11.5 Å². The number of hydrogen-bond donors (Lipinski definition) is 1. The molecule has 1 aromatic heterocycles. The van der Waals surface area contributed by atoms with E-state index in [0.29, 0.717) is 29.8 Å². The zero-order chi connectivity index (χ0) is 24.2. The summed E-state index contributed by atoms with van der Waals surface area (Å²) in [7, 11) is 0. The van der Waals surface area contributed by atoms with Crippen molar-refractivity contribution >= 4 is 29.1 Å². The Labute approximate surface area is 195 Å². The van der Waals surface area contributed by atoms with Crippen LogP contribution in [0.1, 0.15) is 40.9 Å². The molecular formula is C26H21FN2O5. The minimum Gasteiger partial charge on any atom is -0.507 e. The number of carbonyl (C=O) groups is 3. The molecule has 1 fully saturated rings. The lowest BCUT2D eigenvalue weighted by Crippen LogP contribution is -2.29. The summed E-state index contributed by atoms with van der Waals surface area (Å²) >= 11 is 0. The number of rotatable bonds is 6. The quantitative estimate of drug-likeness (QED) is 0.253. The van der Waals surface area contributed by atoms with Gasteiger partial charge in [0.25, 0.3) is 11.7 Å². The number of ketones is 1. The Hall–Kier alpha value is -4.33. The van der Waals surface area contributed by atoms with Crippen molar-refractivity contribution in [1.29, 1.82) is 0 Å². The van der Waals surface area contributed by atoms with Crippen molar-refractivity contribution in [3.05, 3.63) is 101 Å². The summed E-state index contributed by atoms with van der Waals surface area (Å²) in [6, 6.07) is 13.4. The van der Waals surface area contributed by atoms with Gasteiger partial charge in [-0.3, -0.25) is 19.5 Å². The molecule has 1 saturated heterocycles. The minimum absolute atomic E-state index is 0.143. The van der Waals surface area contributed by atoms with Gasteiger partial charge in [0.1, 0.15) is 11.6 Å². The van der Waals surface area contributed by atoms with Crippen molar-refractivity contribution in [2.45, 2.75) is 19.4 Å². The van der Waals surface area contributed by atoms with E-state index in [4.69, 9.17) is 4.74 Å². The molecule has 172 valence electrons. The van der Waals surface area contributed by atoms with Crippen LogP contribution >= 0.6 is 0 Å². The molecule has 0 aliphatic carbocycles. The lowest BCUT2D eigenvalue weighted by molar-refractivity contribution is -0.132. The van der Waals surface area contributed by atoms with Crippen molar-refractivity contribution in [3.8, 4) is 0 Å². The van der Waals surface area contributed by atoms with Crippen LogP contribution in [0.5, 0.6) is 0 Å². The molecule has 0 spiro atoms. The van der Waals surface area contributed by atoms with Gasteiger partial charge < -0.3 is 9.84 Å². The highest BCUT2D eigenvalue weighted by Crippen LogP contribution is 2.41. The first-order chi connectivity index (χ1) is 16.4. The predicted molar refractivity (Wildman–Crippen MR) is 122 cm³/mol. The van der Waals surface area contributed by atoms with Crippen LogP contribution in [-0.2, 0) is 14.3 Å². The Bertz CT molecular complexity index is 1250. The lowest BCUT2D eigenvalue weighted by atomic mass is 9.96. The second-order valence-corrected chi connectivity index (χ2v) is 7.65.